The topological polar surface area (TPSA) is 21.3 Å². The van der Waals surface area contributed by atoms with Gasteiger partial charge in [-0.25, -0.2) is 0 Å². The zero-order chi connectivity index (χ0) is 15.2. The normalized spacial score (nSPS) is 11.4. The molecule has 1 aromatic rings. The SMILES string of the molecule is C=C(Br)COc1ccc(CNCCC)cc1C(F)(F)F. The van der Waals surface area contributed by atoms with Gasteiger partial charge < -0.3 is 10.1 Å². The monoisotopic (exact) mass is 351 g/mol. The zero-order valence-corrected chi connectivity index (χ0v) is 12.8. The van der Waals surface area contributed by atoms with Crippen LogP contribution in [0.25, 0.3) is 0 Å². The van der Waals surface area contributed by atoms with E-state index < -0.39 is 11.7 Å². The standard InChI is InChI=1S/C14H17BrF3NO/c1-3-6-19-8-11-4-5-13(20-9-10(2)15)12(7-11)14(16,17)18/h4-5,7,19H,2-3,6,8-9H2,1H3. The molecule has 0 radical (unpaired) electrons. The average molecular weight is 352 g/mol. The Morgan fingerprint density at radius 1 is 1.40 bits per heavy atom. The van der Waals surface area contributed by atoms with Crippen LogP contribution in [0.4, 0.5) is 13.2 Å². The van der Waals surface area contributed by atoms with Crippen LogP contribution in [0.3, 0.4) is 0 Å². The van der Waals surface area contributed by atoms with Gasteiger partial charge in [-0.05, 0) is 30.7 Å². The lowest BCUT2D eigenvalue weighted by atomic mass is 10.1. The molecule has 0 aromatic heterocycles. The van der Waals surface area contributed by atoms with Crippen LogP contribution in [0.1, 0.15) is 24.5 Å². The lowest BCUT2D eigenvalue weighted by Gasteiger charge is -2.15. The van der Waals surface area contributed by atoms with Crippen molar-refractivity contribution in [3.8, 4) is 5.75 Å². The summed E-state index contributed by atoms with van der Waals surface area (Å²) in [6.07, 6.45) is -3.51. The Morgan fingerprint density at radius 2 is 2.10 bits per heavy atom. The molecule has 0 saturated carbocycles. The van der Waals surface area contributed by atoms with Crippen molar-refractivity contribution >= 4 is 15.9 Å². The van der Waals surface area contributed by atoms with Crippen LogP contribution < -0.4 is 10.1 Å². The number of hydrogen-bond donors (Lipinski definition) is 1. The highest BCUT2D eigenvalue weighted by Gasteiger charge is 2.34. The van der Waals surface area contributed by atoms with Gasteiger partial charge in [-0.1, -0.05) is 35.5 Å². The first-order valence-electron chi connectivity index (χ1n) is 6.21. The van der Waals surface area contributed by atoms with Gasteiger partial charge in [0.05, 0.1) is 5.56 Å². The number of hydrogen-bond acceptors (Lipinski definition) is 2. The van der Waals surface area contributed by atoms with Crippen LogP contribution in [0.5, 0.6) is 5.75 Å². The van der Waals surface area contributed by atoms with E-state index >= 15 is 0 Å². The average Bonchev–Trinajstić information content (AvgIpc) is 2.36. The summed E-state index contributed by atoms with van der Waals surface area (Å²) in [4.78, 5) is 0. The summed E-state index contributed by atoms with van der Waals surface area (Å²) >= 11 is 3.05. The van der Waals surface area contributed by atoms with Gasteiger partial charge in [-0.2, -0.15) is 13.2 Å². The first-order chi connectivity index (χ1) is 9.34. The molecule has 0 heterocycles. The van der Waals surface area contributed by atoms with Crippen molar-refractivity contribution < 1.29 is 17.9 Å². The molecule has 1 N–H and O–H groups in total. The fourth-order valence-electron chi connectivity index (χ4n) is 1.60. The molecule has 112 valence electrons. The van der Waals surface area contributed by atoms with Crippen molar-refractivity contribution in [1.29, 1.82) is 0 Å². The van der Waals surface area contributed by atoms with Crippen LogP contribution >= 0.6 is 15.9 Å². The molecule has 0 atom stereocenters. The number of rotatable bonds is 7. The Hall–Kier alpha value is -1.01. The van der Waals surface area contributed by atoms with E-state index in [9.17, 15) is 13.2 Å². The Bertz CT molecular complexity index is 460. The second kappa shape index (κ2) is 7.69. The molecule has 1 aromatic carbocycles. The van der Waals surface area contributed by atoms with Gasteiger partial charge in [0.25, 0.3) is 0 Å². The van der Waals surface area contributed by atoms with E-state index in [4.69, 9.17) is 4.74 Å². The quantitative estimate of drug-likeness (QED) is 0.730. The first-order valence-corrected chi connectivity index (χ1v) is 7.00. The number of nitrogens with one attached hydrogen (secondary N) is 1. The lowest BCUT2D eigenvalue weighted by molar-refractivity contribution is -0.138. The third-order valence-corrected chi connectivity index (χ3v) is 2.72. The van der Waals surface area contributed by atoms with Gasteiger partial charge in [-0.15, -0.1) is 0 Å². The second-order valence-electron chi connectivity index (χ2n) is 4.31. The van der Waals surface area contributed by atoms with E-state index in [0.717, 1.165) is 19.0 Å². The van der Waals surface area contributed by atoms with E-state index in [2.05, 4.69) is 27.8 Å². The van der Waals surface area contributed by atoms with Gasteiger partial charge >= 0.3 is 6.18 Å². The van der Waals surface area contributed by atoms with Gasteiger partial charge in [0, 0.05) is 11.0 Å². The highest BCUT2D eigenvalue weighted by Crippen LogP contribution is 2.37. The van der Waals surface area contributed by atoms with Gasteiger partial charge in [0.2, 0.25) is 0 Å². The molecule has 2 nitrogen and oxygen atoms in total. The molecule has 0 aliphatic carbocycles. The van der Waals surface area contributed by atoms with Crippen LogP contribution in [0.2, 0.25) is 0 Å². The minimum Gasteiger partial charge on any atom is -0.488 e. The molecule has 0 bridgehead atoms. The number of alkyl halides is 3. The van der Waals surface area contributed by atoms with Gasteiger partial charge in [-0.3, -0.25) is 0 Å². The van der Waals surface area contributed by atoms with E-state index in [1.54, 1.807) is 6.07 Å². The molecule has 6 heteroatoms. The minimum atomic E-state index is -4.44. The van der Waals surface area contributed by atoms with Crippen molar-refractivity contribution in [1.82, 2.24) is 5.32 Å². The Labute approximate surface area is 125 Å². The predicted octanol–water partition coefficient (Wildman–Crippen LogP) is 4.49. The molecule has 0 spiro atoms. The smallest absolute Gasteiger partial charge is 0.419 e. The largest absolute Gasteiger partial charge is 0.488 e. The highest BCUT2D eigenvalue weighted by atomic mass is 79.9. The van der Waals surface area contributed by atoms with E-state index in [-0.39, 0.29) is 12.4 Å². The third-order valence-electron chi connectivity index (χ3n) is 2.49. The maximum atomic E-state index is 13.0. The zero-order valence-electron chi connectivity index (χ0n) is 11.2. The fourth-order valence-corrected chi connectivity index (χ4v) is 1.71. The molecule has 0 saturated heterocycles. The van der Waals surface area contributed by atoms with Crippen LogP contribution in [-0.4, -0.2) is 13.2 Å². The summed E-state index contributed by atoms with van der Waals surface area (Å²) in [7, 11) is 0. The van der Waals surface area contributed by atoms with Crippen molar-refractivity contribution in [2.75, 3.05) is 13.2 Å². The first kappa shape index (κ1) is 17.0. The Morgan fingerprint density at radius 3 is 2.65 bits per heavy atom. The van der Waals surface area contributed by atoms with Crippen LogP contribution in [-0.2, 0) is 12.7 Å². The molecule has 1 rings (SSSR count). The fraction of sp³-hybridized carbons (Fsp3) is 0.429. The van der Waals surface area contributed by atoms with Crippen molar-refractivity contribution in [3.63, 3.8) is 0 Å². The predicted molar refractivity (Wildman–Crippen MR) is 77.0 cm³/mol. The third kappa shape index (κ3) is 5.54. The van der Waals surface area contributed by atoms with Gasteiger partial charge in [0.15, 0.2) is 0 Å². The van der Waals surface area contributed by atoms with Crippen LogP contribution in [0.15, 0.2) is 29.3 Å². The second-order valence-corrected chi connectivity index (χ2v) is 5.43. The van der Waals surface area contributed by atoms with Crippen molar-refractivity contribution in [3.05, 3.63) is 40.4 Å². The van der Waals surface area contributed by atoms with Crippen molar-refractivity contribution in [2.24, 2.45) is 0 Å². The molecular formula is C14H17BrF3NO. The summed E-state index contributed by atoms with van der Waals surface area (Å²) in [5.74, 6) is -0.183. The van der Waals surface area contributed by atoms with E-state index in [0.29, 0.717) is 16.6 Å². The molecule has 20 heavy (non-hydrogen) atoms. The van der Waals surface area contributed by atoms with E-state index in [1.165, 1.54) is 6.07 Å². The number of halogens is 4. The number of benzene rings is 1. The maximum absolute atomic E-state index is 13.0. The molecule has 0 aliphatic heterocycles. The summed E-state index contributed by atoms with van der Waals surface area (Å²) in [6, 6.07) is 4.10. The van der Waals surface area contributed by atoms with Crippen LogP contribution in [0, 0.1) is 0 Å². The number of ether oxygens (including phenoxy) is 1. The molecule has 0 aliphatic rings. The Kier molecular flexibility index (Phi) is 6.55. The summed E-state index contributed by atoms with van der Waals surface area (Å²) < 4.78 is 44.6. The minimum absolute atomic E-state index is 0.00346. The summed E-state index contributed by atoms with van der Waals surface area (Å²) in [5, 5.41) is 3.07. The molecular weight excluding hydrogens is 335 g/mol. The molecule has 0 amide bonds. The molecule has 0 fully saturated rings. The van der Waals surface area contributed by atoms with E-state index in [1.807, 2.05) is 6.92 Å². The Balaban J connectivity index is 2.92. The maximum Gasteiger partial charge on any atom is 0.419 e. The lowest BCUT2D eigenvalue weighted by Crippen LogP contribution is -2.15. The summed E-state index contributed by atoms with van der Waals surface area (Å²) in [6.45, 7) is 6.70. The highest BCUT2D eigenvalue weighted by molar-refractivity contribution is 9.11. The van der Waals surface area contributed by atoms with Gasteiger partial charge in [0.1, 0.15) is 12.4 Å². The van der Waals surface area contributed by atoms with Crippen molar-refractivity contribution in [2.45, 2.75) is 26.1 Å². The summed E-state index contributed by atoms with van der Waals surface area (Å²) in [5.41, 5.74) is -0.183. The molecule has 0 unspecified atom stereocenters.